The Morgan fingerprint density at radius 1 is 1.00 bits per heavy atom. The number of nitrogens with two attached hydrogens (primary N) is 1. The fraction of sp³-hybridized carbons (Fsp3) is 0.355. The van der Waals surface area contributed by atoms with E-state index in [9.17, 15) is 19.6 Å². The molecule has 4 rings (SSSR count). The largest absolute Gasteiger partial charge is 0.466 e. The van der Waals surface area contributed by atoms with Crippen LogP contribution < -0.4 is 16.0 Å². The second kappa shape index (κ2) is 12.3. The van der Waals surface area contributed by atoms with Crippen LogP contribution >= 0.6 is 0 Å². The van der Waals surface area contributed by atoms with Crippen molar-refractivity contribution < 1.29 is 28.6 Å². The topological polar surface area (TPSA) is 147 Å². The van der Waals surface area contributed by atoms with Gasteiger partial charge in [0.05, 0.1) is 37.4 Å². The van der Waals surface area contributed by atoms with Crippen LogP contribution in [0, 0.1) is 11.3 Å². The molecular formula is C31H35N5O6. The minimum absolute atomic E-state index is 0.0103. The number of nitriles is 1. The van der Waals surface area contributed by atoms with Crippen molar-refractivity contribution in [3.05, 3.63) is 82.8 Å². The lowest BCUT2D eigenvalue weighted by molar-refractivity contribution is -0.139. The Morgan fingerprint density at radius 3 is 2.21 bits per heavy atom. The molecule has 42 heavy (non-hydrogen) atoms. The minimum Gasteiger partial charge on any atom is -0.466 e. The van der Waals surface area contributed by atoms with E-state index in [0.29, 0.717) is 24.3 Å². The highest BCUT2D eigenvalue weighted by atomic mass is 16.6. The van der Waals surface area contributed by atoms with Gasteiger partial charge in [-0.05, 0) is 57.0 Å². The number of carbonyl (C=O) groups excluding carboxylic acids is 3. The molecule has 0 aromatic heterocycles. The predicted octanol–water partition coefficient (Wildman–Crippen LogP) is 4.01. The van der Waals surface area contributed by atoms with Crippen molar-refractivity contribution in [2.24, 2.45) is 5.73 Å². The van der Waals surface area contributed by atoms with Gasteiger partial charge < -0.3 is 30.2 Å². The maximum atomic E-state index is 13.2. The molecule has 1 saturated heterocycles. The maximum Gasteiger partial charge on any atom is 0.410 e. The Bertz CT molecular complexity index is 1450. The van der Waals surface area contributed by atoms with Crippen LogP contribution in [0.25, 0.3) is 0 Å². The summed E-state index contributed by atoms with van der Waals surface area (Å²) < 4.78 is 15.6. The summed E-state index contributed by atoms with van der Waals surface area (Å²) in [6, 6.07) is 18.0. The molecule has 2 unspecified atom stereocenters. The van der Waals surface area contributed by atoms with Crippen LogP contribution in [-0.2, 0) is 23.8 Å². The lowest BCUT2D eigenvalue weighted by atomic mass is 9.81. The van der Waals surface area contributed by atoms with E-state index < -0.39 is 23.5 Å². The number of amides is 1. The molecule has 2 aromatic carbocycles. The number of nitrogens with one attached hydrogen (secondary N) is 1. The minimum atomic E-state index is -0.940. The fourth-order valence-corrected chi connectivity index (χ4v) is 5.09. The Hall–Kier alpha value is -4.98. The van der Waals surface area contributed by atoms with Crippen molar-refractivity contribution in [2.75, 3.05) is 37.5 Å². The molecule has 1 amide bonds. The normalized spacial score (nSPS) is 18.9. The second-order valence-corrected chi connectivity index (χ2v) is 10.9. The number of esters is 2. The molecule has 0 spiro atoms. The van der Waals surface area contributed by atoms with Gasteiger partial charge in [0.25, 0.3) is 0 Å². The summed E-state index contributed by atoms with van der Waals surface area (Å²) in [7, 11) is 2.41. The number of anilines is 2. The number of likely N-dealkylation sites (tertiary alicyclic amines) is 1. The molecule has 2 atom stereocenters. The molecule has 0 radical (unpaired) electrons. The van der Waals surface area contributed by atoms with Gasteiger partial charge in [-0.3, -0.25) is 4.90 Å². The van der Waals surface area contributed by atoms with E-state index in [1.54, 1.807) is 59.5 Å². The van der Waals surface area contributed by atoms with Crippen LogP contribution in [0.5, 0.6) is 0 Å². The first-order chi connectivity index (χ1) is 20.0. The van der Waals surface area contributed by atoms with Crippen LogP contribution in [0.2, 0.25) is 0 Å². The molecule has 2 heterocycles. The number of hydrogen-bond donors (Lipinski definition) is 2. The van der Waals surface area contributed by atoms with Gasteiger partial charge in [-0.25, -0.2) is 14.4 Å². The van der Waals surface area contributed by atoms with E-state index in [-0.39, 0.29) is 34.8 Å². The molecule has 2 aromatic rings. The second-order valence-electron chi connectivity index (χ2n) is 10.9. The van der Waals surface area contributed by atoms with Crippen molar-refractivity contribution >= 4 is 29.4 Å². The summed E-state index contributed by atoms with van der Waals surface area (Å²) in [4.78, 5) is 41.9. The molecule has 2 aliphatic rings. The summed E-state index contributed by atoms with van der Waals surface area (Å²) in [5.74, 6) is -2.55. The lowest BCUT2D eigenvalue weighted by Crippen LogP contribution is -2.40. The van der Waals surface area contributed by atoms with Gasteiger partial charge in [-0.15, -0.1) is 0 Å². The summed E-state index contributed by atoms with van der Waals surface area (Å²) in [6.45, 7) is 6.56. The van der Waals surface area contributed by atoms with Crippen LogP contribution in [0.3, 0.4) is 0 Å². The van der Waals surface area contributed by atoms with Gasteiger partial charge in [-0.1, -0.05) is 30.3 Å². The first-order valence-corrected chi connectivity index (χ1v) is 13.5. The van der Waals surface area contributed by atoms with Gasteiger partial charge in [-0.2, -0.15) is 5.26 Å². The standard InChI is InChI=1S/C31H35N5O6/c1-31(2,3)42-30(39)35-16-15-21(18-35)34-20-11-13-22(14-12-20)36-26(29(38)41-5)25(28(37)40-4)24(23(17-32)27(36)33)19-9-7-6-8-10-19/h6-14,21,24,34H,15-16,18,33H2,1-5H3. The van der Waals surface area contributed by atoms with Crippen LogP contribution in [0.15, 0.2) is 77.3 Å². The van der Waals surface area contributed by atoms with E-state index >= 15 is 0 Å². The summed E-state index contributed by atoms with van der Waals surface area (Å²) >= 11 is 0. The molecule has 2 aliphatic heterocycles. The smallest absolute Gasteiger partial charge is 0.410 e. The molecule has 11 heteroatoms. The predicted molar refractivity (Wildman–Crippen MR) is 156 cm³/mol. The molecule has 220 valence electrons. The average Bonchev–Trinajstić information content (AvgIpc) is 3.44. The Labute approximate surface area is 245 Å². The molecule has 0 aliphatic carbocycles. The first-order valence-electron chi connectivity index (χ1n) is 13.5. The van der Waals surface area contributed by atoms with E-state index in [4.69, 9.17) is 19.9 Å². The molecule has 0 saturated carbocycles. The highest BCUT2D eigenvalue weighted by molar-refractivity contribution is 6.06. The third-order valence-electron chi connectivity index (χ3n) is 6.95. The third kappa shape index (κ3) is 6.17. The zero-order valence-corrected chi connectivity index (χ0v) is 24.3. The van der Waals surface area contributed by atoms with Crippen molar-refractivity contribution in [1.82, 2.24) is 4.90 Å². The number of carbonyl (C=O) groups is 3. The molecule has 11 nitrogen and oxygen atoms in total. The van der Waals surface area contributed by atoms with Crippen molar-refractivity contribution in [2.45, 2.75) is 44.8 Å². The molecule has 1 fully saturated rings. The Morgan fingerprint density at radius 2 is 1.64 bits per heavy atom. The van der Waals surface area contributed by atoms with E-state index in [2.05, 4.69) is 11.4 Å². The highest BCUT2D eigenvalue weighted by Crippen LogP contribution is 2.43. The highest BCUT2D eigenvalue weighted by Gasteiger charge is 2.43. The zero-order valence-electron chi connectivity index (χ0n) is 24.3. The number of nitrogens with zero attached hydrogens (tertiary/aromatic N) is 3. The van der Waals surface area contributed by atoms with Gasteiger partial charge in [0.15, 0.2) is 0 Å². The summed E-state index contributed by atoms with van der Waals surface area (Å²) in [5.41, 5.74) is 7.68. The lowest BCUT2D eigenvalue weighted by Gasteiger charge is -2.36. The third-order valence-corrected chi connectivity index (χ3v) is 6.95. The fourth-order valence-electron chi connectivity index (χ4n) is 5.09. The van der Waals surface area contributed by atoms with Crippen LogP contribution in [-0.4, -0.2) is 61.9 Å². The quantitative estimate of drug-likeness (QED) is 0.384. The van der Waals surface area contributed by atoms with Crippen molar-refractivity contribution in [3.8, 4) is 6.07 Å². The average molecular weight is 574 g/mol. The summed E-state index contributed by atoms with van der Waals surface area (Å²) in [6.07, 6.45) is 0.396. The number of benzene rings is 2. The van der Waals surface area contributed by atoms with Crippen LogP contribution in [0.1, 0.15) is 38.7 Å². The number of allylic oxidation sites excluding steroid dienone is 1. The van der Waals surface area contributed by atoms with E-state index in [1.165, 1.54) is 19.1 Å². The Balaban J connectivity index is 1.67. The number of methoxy groups -OCH3 is 2. The molecule has 3 N–H and O–H groups in total. The number of hydrogen-bond acceptors (Lipinski definition) is 10. The van der Waals surface area contributed by atoms with Gasteiger partial charge in [0.2, 0.25) is 0 Å². The van der Waals surface area contributed by atoms with E-state index in [0.717, 1.165) is 12.1 Å². The number of rotatable bonds is 6. The van der Waals surface area contributed by atoms with E-state index in [1.807, 2.05) is 20.8 Å². The zero-order chi connectivity index (χ0) is 30.6. The monoisotopic (exact) mass is 573 g/mol. The van der Waals surface area contributed by atoms with Gasteiger partial charge >= 0.3 is 18.0 Å². The van der Waals surface area contributed by atoms with Crippen molar-refractivity contribution in [3.63, 3.8) is 0 Å². The SMILES string of the molecule is COC(=O)C1=C(C(=O)OC)N(c2ccc(NC3CCN(C(=O)OC(C)(C)C)C3)cc2)C(N)=C(C#N)C1c1ccccc1. The van der Waals surface area contributed by atoms with Crippen molar-refractivity contribution in [1.29, 1.82) is 5.26 Å². The maximum absolute atomic E-state index is 13.2. The first kappa shape index (κ1) is 30.0. The van der Waals surface area contributed by atoms with Gasteiger partial charge in [0, 0.05) is 30.5 Å². The molecular weight excluding hydrogens is 538 g/mol. The number of ether oxygens (including phenoxy) is 3. The Kier molecular flexibility index (Phi) is 8.76. The molecule has 0 bridgehead atoms. The van der Waals surface area contributed by atoms with Crippen LogP contribution in [0.4, 0.5) is 16.2 Å². The van der Waals surface area contributed by atoms with Gasteiger partial charge in [0.1, 0.15) is 17.1 Å². The summed E-state index contributed by atoms with van der Waals surface area (Å²) in [5, 5.41) is 13.6.